The second-order valence-corrected chi connectivity index (χ2v) is 7.09. The van der Waals surface area contributed by atoms with Crippen LogP contribution in [0.2, 0.25) is 0 Å². The van der Waals surface area contributed by atoms with Crippen LogP contribution in [0.1, 0.15) is 35.1 Å². The van der Waals surface area contributed by atoms with Crippen LogP contribution < -0.4 is 10.1 Å². The molecule has 1 fully saturated rings. The van der Waals surface area contributed by atoms with E-state index in [9.17, 15) is 4.79 Å². The molecule has 2 aromatic carbocycles. The van der Waals surface area contributed by atoms with Gasteiger partial charge < -0.3 is 10.1 Å². The van der Waals surface area contributed by atoms with Gasteiger partial charge in [0.25, 0.3) is 5.91 Å². The molecule has 0 radical (unpaired) electrons. The SMILES string of the molecule is Cc1ccc(C)c(OCC(=O)NCc2ccccc2CN2CCCC2)c1. The van der Waals surface area contributed by atoms with Crippen LogP contribution in [-0.4, -0.2) is 30.5 Å². The molecule has 1 aliphatic heterocycles. The number of nitrogens with zero attached hydrogens (tertiary/aromatic N) is 1. The maximum atomic E-state index is 12.2. The highest BCUT2D eigenvalue weighted by Crippen LogP contribution is 2.19. The van der Waals surface area contributed by atoms with Crippen molar-refractivity contribution in [3.05, 3.63) is 64.7 Å². The van der Waals surface area contributed by atoms with Crippen LogP contribution in [0.5, 0.6) is 5.75 Å². The minimum atomic E-state index is -0.0955. The van der Waals surface area contributed by atoms with Gasteiger partial charge in [0.2, 0.25) is 0 Å². The number of ether oxygens (including phenoxy) is 1. The highest BCUT2D eigenvalue weighted by Gasteiger charge is 2.14. The van der Waals surface area contributed by atoms with Crippen molar-refractivity contribution in [1.82, 2.24) is 10.2 Å². The Morgan fingerprint density at radius 2 is 1.81 bits per heavy atom. The topological polar surface area (TPSA) is 41.6 Å². The monoisotopic (exact) mass is 352 g/mol. The number of benzene rings is 2. The summed E-state index contributed by atoms with van der Waals surface area (Å²) in [6, 6.07) is 14.4. The van der Waals surface area contributed by atoms with Crippen molar-refractivity contribution in [1.29, 1.82) is 0 Å². The van der Waals surface area contributed by atoms with Gasteiger partial charge in [-0.15, -0.1) is 0 Å². The molecule has 4 nitrogen and oxygen atoms in total. The number of likely N-dealkylation sites (tertiary alicyclic amines) is 1. The molecule has 0 unspecified atom stereocenters. The Balaban J connectivity index is 1.52. The summed E-state index contributed by atoms with van der Waals surface area (Å²) in [5, 5.41) is 2.99. The molecule has 138 valence electrons. The van der Waals surface area contributed by atoms with Crippen LogP contribution in [0.3, 0.4) is 0 Å². The lowest BCUT2D eigenvalue weighted by Gasteiger charge is -2.18. The fourth-order valence-corrected chi connectivity index (χ4v) is 3.32. The van der Waals surface area contributed by atoms with E-state index in [1.54, 1.807) is 0 Å². The first-order valence-corrected chi connectivity index (χ1v) is 9.38. The molecule has 0 aromatic heterocycles. The molecule has 1 N–H and O–H groups in total. The van der Waals surface area contributed by atoms with Crippen molar-refractivity contribution in [3.63, 3.8) is 0 Å². The number of carbonyl (C=O) groups excluding carboxylic acids is 1. The molecule has 0 saturated carbocycles. The van der Waals surface area contributed by atoms with Crippen molar-refractivity contribution < 1.29 is 9.53 Å². The zero-order chi connectivity index (χ0) is 18.4. The Hall–Kier alpha value is -2.33. The lowest BCUT2D eigenvalue weighted by molar-refractivity contribution is -0.123. The van der Waals surface area contributed by atoms with E-state index in [1.165, 1.54) is 37.1 Å². The van der Waals surface area contributed by atoms with Gasteiger partial charge in [-0.2, -0.15) is 0 Å². The summed E-state index contributed by atoms with van der Waals surface area (Å²) in [4.78, 5) is 14.7. The van der Waals surface area contributed by atoms with Gasteiger partial charge in [-0.1, -0.05) is 36.4 Å². The minimum Gasteiger partial charge on any atom is -0.483 e. The van der Waals surface area contributed by atoms with E-state index in [2.05, 4.69) is 28.4 Å². The highest BCUT2D eigenvalue weighted by molar-refractivity contribution is 5.77. The van der Waals surface area contributed by atoms with Gasteiger partial charge in [-0.05, 0) is 68.1 Å². The predicted molar refractivity (Wildman–Crippen MR) is 104 cm³/mol. The third-order valence-electron chi connectivity index (χ3n) is 4.89. The van der Waals surface area contributed by atoms with Crippen LogP contribution in [-0.2, 0) is 17.9 Å². The van der Waals surface area contributed by atoms with Crippen molar-refractivity contribution >= 4 is 5.91 Å². The second kappa shape index (κ2) is 8.86. The van der Waals surface area contributed by atoms with Gasteiger partial charge in [-0.25, -0.2) is 0 Å². The molecule has 0 aliphatic carbocycles. The van der Waals surface area contributed by atoms with Crippen LogP contribution in [0, 0.1) is 13.8 Å². The summed E-state index contributed by atoms with van der Waals surface area (Å²) in [6.45, 7) is 7.89. The summed E-state index contributed by atoms with van der Waals surface area (Å²) < 4.78 is 5.69. The first kappa shape index (κ1) is 18.5. The molecule has 0 spiro atoms. The van der Waals surface area contributed by atoms with Gasteiger partial charge in [0, 0.05) is 13.1 Å². The number of hydrogen-bond acceptors (Lipinski definition) is 3. The molecule has 1 heterocycles. The van der Waals surface area contributed by atoms with Gasteiger partial charge >= 0.3 is 0 Å². The summed E-state index contributed by atoms with van der Waals surface area (Å²) in [5.41, 5.74) is 4.64. The summed E-state index contributed by atoms with van der Waals surface area (Å²) in [7, 11) is 0. The second-order valence-electron chi connectivity index (χ2n) is 7.09. The van der Waals surface area contributed by atoms with E-state index >= 15 is 0 Å². The maximum absolute atomic E-state index is 12.2. The molecule has 4 heteroatoms. The van der Waals surface area contributed by atoms with Gasteiger partial charge in [0.1, 0.15) is 5.75 Å². The smallest absolute Gasteiger partial charge is 0.258 e. The number of nitrogens with one attached hydrogen (secondary N) is 1. The standard InChI is InChI=1S/C22H28N2O2/c1-17-9-10-18(2)21(13-17)26-16-22(25)23-14-19-7-3-4-8-20(19)15-24-11-5-6-12-24/h3-4,7-10,13H,5-6,11-12,14-16H2,1-2H3,(H,23,25). The minimum absolute atomic E-state index is 0.0403. The Morgan fingerprint density at radius 1 is 1.08 bits per heavy atom. The first-order valence-electron chi connectivity index (χ1n) is 9.38. The van der Waals surface area contributed by atoms with Crippen molar-refractivity contribution in [2.24, 2.45) is 0 Å². The average Bonchev–Trinajstić information content (AvgIpc) is 3.15. The molecule has 0 atom stereocenters. The number of rotatable bonds is 7. The summed E-state index contributed by atoms with van der Waals surface area (Å²) in [5.74, 6) is 0.677. The number of aryl methyl sites for hydroxylation is 2. The molecule has 2 aromatic rings. The predicted octanol–water partition coefficient (Wildman–Crippen LogP) is 3.59. The number of amides is 1. The van der Waals surface area contributed by atoms with Crippen molar-refractivity contribution in [2.45, 2.75) is 39.8 Å². The largest absolute Gasteiger partial charge is 0.483 e. The number of carbonyl (C=O) groups is 1. The number of hydrogen-bond donors (Lipinski definition) is 1. The molecule has 1 amide bonds. The van der Waals surface area contributed by atoms with Crippen molar-refractivity contribution in [3.8, 4) is 5.75 Å². The molecular weight excluding hydrogens is 324 g/mol. The van der Waals surface area contributed by atoms with Gasteiger partial charge in [0.05, 0.1) is 0 Å². The van der Waals surface area contributed by atoms with Crippen LogP contribution in [0.25, 0.3) is 0 Å². The van der Waals surface area contributed by atoms with E-state index in [4.69, 9.17) is 4.74 Å². The maximum Gasteiger partial charge on any atom is 0.258 e. The zero-order valence-corrected chi connectivity index (χ0v) is 15.8. The van der Waals surface area contributed by atoms with E-state index in [0.29, 0.717) is 6.54 Å². The summed E-state index contributed by atoms with van der Waals surface area (Å²) in [6.07, 6.45) is 2.57. The molecule has 0 bridgehead atoms. The van der Waals surface area contributed by atoms with E-state index < -0.39 is 0 Å². The molecular formula is C22H28N2O2. The van der Waals surface area contributed by atoms with Crippen molar-refractivity contribution in [2.75, 3.05) is 19.7 Å². The zero-order valence-electron chi connectivity index (χ0n) is 15.8. The Bertz CT molecular complexity index is 752. The summed E-state index contributed by atoms with van der Waals surface area (Å²) >= 11 is 0. The Morgan fingerprint density at radius 3 is 2.58 bits per heavy atom. The fraction of sp³-hybridized carbons (Fsp3) is 0.409. The Labute approximate surface area is 156 Å². The fourth-order valence-electron chi connectivity index (χ4n) is 3.32. The lowest BCUT2D eigenvalue weighted by Crippen LogP contribution is -2.29. The van der Waals surface area contributed by atoms with Gasteiger partial charge in [0.15, 0.2) is 6.61 Å². The first-order chi connectivity index (χ1) is 12.6. The third-order valence-corrected chi connectivity index (χ3v) is 4.89. The van der Waals surface area contributed by atoms with E-state index in [0.717, 1.165) is 23.4 Å². The Kier molecular flexibility index (Phi) is 6.29. The molecule has 26 heavy (non-hydrogen) atoms. The molecule has 3 rings (SSSR count). The average molecular weight is 352 g/mol. The molecule has 1 saturated heterocycles. The van der Waals surface area contributed by atoms with Crippen LogP contribution >= 0.6 is 0 Å². The quantitative estimate of drug-likeness (QED) is 0.828. The van der Waals surface area contributed by atoms with Gasteiger partial charge in [-0.3, -0.25) is 9.69 Å². The van der Waals surface area contributed by atoms with Crippen LogP contribution in [0.15, 0.2) is 42.5 Å². The van der Waals surface area contributed by atoms with E-state index in [-0.39, 0.29) is 12.5 Å². The van der Waals surface area contributed by atoms with Crippen LogP contribution in [0.4, 0.5) is 0 Å². The normalized spacial score (nSPS) is 14.4. The third kappa shape index (κ3) is 5.09. The van der Waals surface area contributed by atoms with E-state index in [1.807, 2.05) is 38.1 Å². The highest BCUT2D eigenvalue weighted by atomic mass is 16.5. The lowest BCUT2D eigenvalue weighted by atomic mass is 10.1. The molecule has 1 aliphatic rings.